The molecule has 0 amide bonds. The molecular formula is C21H20N2O4S. The van der Waals surface area contributed by atoms with E-state index in [1.807, 2.05) is 6.07 Å². The Kier molecular flexibility index (Phi) is 5.65. The number of hydrogen-bond donors (Lipinski definition) is 2. The maximum absolute atomic E-state index is 12.6. The summed E-state index contributed by atoms with van der Waals surface area (Å²) in [5, 5.41) is 3.17. The molecule has 6 nitrogen and oxygen atoms in total. The maximum atomic E-state index is 12.6. The molecule has 0 saturated heterocycles. The van der Waals surface area contributed by atoms with E-state index in [9.17, 15) is 13.2 Å². The van der Waals surface area contributed by atoms with Crippen LogP contribution in [0.2, 0.25) is 0 Å². The topological polar surface area (TPSA) is 84.5 Å². The van der Waals surface area contributed by atoms with Gasteiger partial charge in [-0.05, 0) is 61.0 Å². The van der Waals surface area contributed by atoms with E-state index in [1.165, 1.54) is 7.11 Å². The van der Waals surface area contributed by atoms with Crippen LogP contribution in [-0.4, -0.2) is 21.5 Å². The van der Waals surface area contributed by atoms with Gasteiger partial charge in [0.25, 0.3) is 10.0 Å². The summed E-state index contributed by atoms with van der Waals surface area (Å²) in [5.41, 5.74) is 3.04. The Labute approximate surface area is 164 Å². The average Bonchev–Trinajstić information content (AvgIpc) is 2.69. The van der Waals surface area contributed by atoms with E-state index in [-0.39, 0.29) is 4.90 Å². The molecule has 3 aromatic carbocycles. The van der Waals surface area contributed by atoms with Crippen LogP contribution in [0.4, 0.5) is 17.1 Å². The van der Waals surface area contributed by atoms with Crippen molar-refractivity contribution in [3.8, 4) is 0 Å². The Bertz CT molecular complexity index is 1090. The van der Waals surface area contributed by atoms with Crippen molar-refractivity contribution in [2.75, 3.05) is 17.1 Å². The van der Waals surface area contributed by atoms with Gasteiger partial charge in [-0.15, -0.1) is 0 Å². The van der Waals surface area contributed by atoms with Crippen LogP contribution in [0, 0.1) is 6.92 Å². The van der Waals surface area contributed by atoms with E-state index < -0.39 is 16.0 Å². The Balaban J connectivity index is 1.74. The van der Waals surface area contributed by atoms with Crippen LogP contribution in [0.25, 0.3) is 0 Å². The first-order valence-corrected chi connectivity index (χ1v) is 10.0. The summed E-state index contributed by atoms with van der Waals surface area (Å²) >= 11 is 0. The average molecular weight is 396 g/mol. The zero-order valence-electron chi connectivity index (χ0n) is 15.5. The number of anilines is 3. The van der Waals surface area contributed by atoms with Crippen molar-refractivity contribution in [3.05, 3.63) is 83.9 Å². The molecule has 0 aromatic heterocycles. The molecule has 0 unspecified atom stereocenters. The lowest BCUT2D eigenvalue weighted by Crippen LogP contribution is -2.14. The number of carbonyl (C=O) groups excluding carboxylic acids is 1. The fourth-order valence-corrected chi connectivity index (χ4v) is 4.00. The summed E-state index contributed by atoms with van der Waals surface area (Å²) in [6.45, 7) is 1.75. The normalized spacial score (nSPS) is 10.9. The number of methoxy groups -OCH3 is 1. The quantitative estimate of drug-likeness (QED) is 0.606. The number of ether oxygens (including phenoxy) is 1. The molecule has 144 valence electrons. The van der Waals surface area contributed by atoms with E-state index in [0.717, 1.165) is 11.4 Å². The van der Waals surface area contributed by atoms with Crippen molar-refractivity contribution in [2.45, 2.75) is 11.8 Å². The predicted octanol–water partition coefficient (Wildman–Crippen LogP) is 4.33. The zero-order chi connectivity index (χ0) is 20.1. The van der Waals surface area contributed by atoms with Crippen LogP contribution in [0.3, 0.4) is 0 Å². The molecule has 0 atom stereocenters. The minimum Gasteiger partial charge on any atom is -0.465 e. The second kappa shape index (κ2) is 8.14. The molecule has 2 N–H and O–H groups in total. The SMILES string of the molecule is COC(=O)c1cccc(Nc2ccc(NS(=O)(=O)c3ccccc3C)cc2)c1. The third-order valence-corrected chi connectivity index (χ3v) is 5.63. The molecule has 7 heteroatoms. The van der Waals surface area contributed by atoms with Gasteiger partial charge in [0.05, 0.1) is 17.6 Å². The standard InChI is InChI=1S/C21H20N2O4S/c1-15-6-3-4-9-20(15)28(25,26)23-18-12-10-17(11-13-18)22-19-8-5-7-16(14-19)21(24)27-2/h3-14,22-23H,1-2H3. The summed E-state index contributed by atoms with van der Waals surface area (Å²) in [5.74, 6) is -0.412. The molecule has 28 heavy (non-hydrogen) atoms. The molecule has 0 aliphatic carbocycles. The zero-order valence-corrected chi connectivity index (χ0v) is 16.3. The second-order valence-electron chi connectivity index (χ2n) is 6.15. The molecular weight excluding hydrogens is 376 g/mol. The molecule has 0 fully saturated rings. The van der Waals surface area contributed by atoms with Gasteiger partial charge < -0.3 is 10.1 Å². The van der Waals surface area contributed by atoms with E-state index in [0.29, 0.717) is 16.8 Å². The van der Waals surface area contributed by atoms with Crippen molar-refractivity contribution >= 4 is 33.1 Å². The first-order chi connectivity index (χ1) is 13.4. The summed E-state index contributed by atoms with van der Waals surface area (Å²) < 4.78 is 32.4. The fourth-order valence-electron chi connectivity index (χ4n) is 2.70. The van der Waals surface area contributed by atoms with Gasteiger partial charge in [-0.25, -0.2) is 13.2 Å². The highest BCUT2D eigenvalue weighted by molar-refractivity contribution is 7.92. The molecule has 0 aliphatic rings. The van der Waals surface area contributed by atoms with Crippen molar-refractivity contribution < 1.29 is 17.9 Å². The first-order valence-electron chi connectivity index (χ1n) is 8.53. The van der Waals surface area contributed by atoms with Crippen LogP contribution in [0.15, 0.2) is 77.7 Å². The lowest BCUT2D eigenvalue weighted by atomic mass is 10.2. The highest BCUT2D eigenvalue weighted by Crippen LogP contribution is 2.23. The Morgan fingerprint density at radius 2 is 1.54 bits per heavy atom. The number of aryl methyl sites for hydroxylation is 1. The monoisotopic (exact) mass is 396 g/mol. The van der Waals surface area contributed by atoms with Gasteiger partial charge in [0.1, 0.15) is 0 Å². The number of nitrogens with one attached hydrogen (secondary N) is 2. The fraction of sp³-hybridized carbons (Fsp3) is 0.0952. The second-order valence-corrected chi connectivity index (χ2v) is 7.80. The maximum Gasteiger partial charge on any atom is 0.337 e. The molecule has 0 radical (unpaired) electrons. The van der Waals surface area contributed by atoms with Crippen LogP contribution in [-0.2, 0) is 14.8 Å². The third-order valence-electron chi connectivity index (χ3n) is 4.09. The van der Waals surface area contributed by atoms with Gasteiger partial charge >= 0.3 is 5.97 Å². The van der Waals surface area contributed by atoms with E-state index >= 15 is 0 Å². The number of benzene rings is 3. The minimum atomic E-state index is -3.66. The van der Waals surface area contributed by atoms with Crippen molar-refractivity contribution in [3.63, 3.8) is 0 Å². The van der Waals surface area contributed by atoms with E-state index in [1.54, 1.807) is 73.7 Å². The first kappa shape index (κ1) is 19.4. The van der Waals surface area contributed by atoms with Crippen molar-refractivity contribution in [1.82, 2.24) is 0 Å². The number of sulfonamides is 1. The van der Waals surface area contributed by atoms with Gasteiger partial charge in [0, 0.05) is 17.1 Å². The number of hydrogen-bond acceptors (Lipinski definition) is 5. The highest BCUT2D eigenvalue weighted by atomic mass is 32.2. The lowest BCUT2D eigenvalue weighted by Gasteiger charge is -2.12. The molecule has 3 aromatic rings. The van der Waals surface area contributed by atoms with E-state index in [2.05, 4.69) is 10.0 Å². The van der Waals surface area contributed by atoms with Gasteiger partial charge in [0.2, 0.25) is 0 Å². The highest BCUT2D eigenvalue weighted by Gasteiger charge is 2.16. The summed E-state index contributed by atoms with van der Waals surface area (Å²) in [6, 6.07) is 20.6. The Morgan fingerprint density at radius 3 is 2.21 bits per heavy atom. The van der Waals surface area contributed by atoms with Crippen molar-refractivity contribution in [2.24, 2.45) is 0 Å². The van der Waals surface area contributed by atoms with Gasteiger partial charge in [0.15, 0.2) is 0 Å². The molecule has 0 aliphatic heterocycles. The Morgan fingerprint density at radius 1 is 0.857 bits per heavy atom. The summed E-state index contributed by atoms with van der Waals surface area (Å²) in [4.78, 5) is 11.9. The van der Waals surface area contributed by atoms with Gasteiger partial charge in [-0.2, -0.15) is 0 Å². The number of carbonyl (C=O) groups is 1. The summed E-state index contributed by atoms with van der Waals surface area (Å²) in [7, 11) is -2.32. The molecule has 0 saturated carbocycles. The summed E-state index contributed by atoms with van der Waals surface area (Å²) in [6.07, 6.45) is 0. The largest absolute Gasteiger partial charge is 0.465 e. The van der Waals surface area contributed by atoms with E-state index in [4.69, 9.17) is 4.74 Å². The van der Waals surface area contributed by atoms with Crippen LogP contribution in [0.5, 0.6) is 0 Å². The third kappa shape index (κ3) is 4.50. The van der Waals surface area contributed by atoms with Crippen LogP contribution in [0.1, 0.15) is 15.9 Å². The number of rotatable bonds is 6. The van der Waals surface area contributed by atoms with Gasteiger partial charge in [-0.1, -0.05) is 24.3 Å². The predicted molar refractivity (Wildman–Crippen MR) is 109 cm³/mol. The van der Waals surface area contributed by atoms with Crippen LogP contribution >= 0.6 is 0 Å². The van der Waals surface area contributed by atoms with Crippen LogP contribution < -0.4 is 10.0 Å². The molecule has 0 bridgehead atoms. The Hall–Kier alpha value is -3.32. The minimum absolute atomic E-state index is 0.247. The van der Waals surface area contributed by atoms with Gasteiger partial charge in [-0.3, -0.25) is 4.72 Å². The lowest BCUT2D eigenvalue weighted by molar-refractivity contribution is 0.0601. The molecule has 0 spiro atoms. The molecule has 3 rings (SSSR count). The smallest absolute Gasteiger partial charge is 0.337 e. The number of esters is 1. The van der Waals surface area contributed by atoms with Crippen molar-refractivity contribution in [1.29, 1.82) is 0 Å². The molecule has 0 heterocycles.